The molecular weight excluding hydrogens is 620 g/mol. The summed E-state index contributed by atoms with van der Waals surface area (Å²) in [6, 6.07) is 23.0. The predicted octanol–water partition coefficient (Wildman–Crippen LogP) is 3.28. The molecule has 3 aromatic rings. The topological polar surface area (TPSA) is 180 Å². The van der Waals surface area contributed by atoms with Crippen LogP contribution in [0.3, 0.4) is 0 Å². The molecule has 1 saturated heterocycles. The van der Waals surface area contributed by atoms with Gasteiger partial charge in [-0.1, -0.05) is 79.2 Å². The molecule has 1 unspecified atom stereocenters. The molecule has 6 N–H and O–H groups in total. The standard InChI is InChI=1S/C35H42N4O7S/c36-30(21-25-14-16-27(17-15-25)34(41)31-23-38-19-20-45-31)33(40)28(22-32(37)47(43,44)29-12-5-2-6-13-29)11-7-8-18-39-35(42)46-24-26-9-3-1-4-10-26/h1-6,9-10,12-17,22,28,30-31,38H,7-8,11,18-21,23-24,36-37H2,(H,39,42)/t28-,30-,31?/m0/s1. The number of Topliss-reactive ketones (excluding diaryl/α,β-unsaturated/α-hetero) is 2. The van der Waals surface area contributed by atoms with Crippen molar-refractivity contribution in [2.24, 2.45) is 17.4 Å². The van der Waals surface area contributed by atoms with Crippen molar-refractivity contribution in [1.29, 1.82) is 0 Å². The number of rotatable bonds is 16. The van der Waals surface area contributed by atoms with Crippen LogP contribution in [0.25, 0.3) is 0 Å². The van der Waals surface area contributed by atoms with E-state index in [1.165, 1.54) is 18.2 Å². The SMILES string of the molecule is NC(=C[C@H](CCCCNC(=O)OCc1ccccc1)C(=O)[C@@H](N)Cc1ccc(C(=O)C2CNCCO2)cc1)S(=O)(=O)c1ccccc1. The van der Waals surface area contributed by atoms with Crippen LogP contribution in [-0.2, 0) is 37.1 Å². The summed E-state index contributed by atoms with van der Waals surface area (Å²) in [4.78, 5) is 38.5. The van der Waals surface area contributed by atoms with Gasteiger partial charge in [0.25, 0.3) is 0 Å². The number of carbonyl (C=O) groups is 3. The molecule has 47 heavy (non-hydrogen) atoms. The highest BCUT2D eigenvalue weighted by molar-refractivity contribution is 7.95. The summed E-state index contributed by atoms with van der Waals surface area (Å²) in [5, 5.41) is 5.40. The van der Waals surface area contributed by atoms with Gasteiger partial charge >= 0.3 is 6.09 Å². The number of nitrogens with two attached hydrogens (primary N) is 2. The zero-order chi connectivity index (χ0) is 33.6. The van der Waals surface area contributed by atoms with Gasteiger partial charge < -0.3 is 31.6 Å². The molecule has 3 aromatic carbocycles. The highest BCUT2D eigenvalue weighted by Gasteiger charge is 2.27. The minimum atomic E-state index is -4.02. The molecule has 1 heterocycles. The van der Waals surface area contributed by atoms with E-state index in [-0.39, 0.29) is 35.9 Å². The molecule has 1 aliphatic heterocycles. The number of ketones is 2. The number of carbonyl (C=O) groups excluding carboxylic acids is 3. The Bertz CT molecular complexity index is 1610. The summed E-state index contributed by atoms with van der Waals surface area (Å²) in [7, 11) is -4.02. The largest absolute Gasteiger partial charge is 0.445 e. The summed E-state index contributed by atoms with van der Waals surface area (Å²) in [6.07, 6.45) is 1.60. The summed E-state index contributed by atoms with van der Waals surface area (Å²) in [5.41, 5.74) is 14.6. The van der Waals surface area contributed by atoms with Crippen LogP contribution in [0.2, 0.25) is 0 Å². The van der Waals surface area contributed by atoms with Crippen molar-refractivity contribution in [1.82, 2.24) is 10.6 Å². The van der Waals surface area contributed by atoms with Gasteiger partial charge in [-0.2, -0.15) is 0 Å². The first-order chi connectivity index (χ1) is 22.6. The van der Waals surface area contributed by atoms with Gasteiger partial charge in [0.05, 0.1) is 17.5 Å². The molecule has 0 spiro atoms. The van der Waals surface area contributed by atoms with E-state index in [0.29, 0.717) is 44.6 Å². The van der Waals surface area contributed by atoms with E-state index in [4.69, 9.17) is 20.9 Å². The fourth-order valence-electron chi connectivity index (χ4n) is 5.14. The van der Waals surface area contributed by atoms with Crippen molar-refractivity contribution in [2.45, 2.75) is 49.3 Å². The quantitative estimate of drug-likeness (QED) is 0.131. The second-order valence-corrected chi connectivity index (χ2v) is 13.3. The lowest BCUT2D eigenvalue weighted by molar-refractivity contribution is -0.123. The molecule has 1 fully saturated rings. The third-order valence-electron chi connectivity index (χ3n) is 7.80. The van der Waals surface area contributed by atoms with Crippen LogP contribution in [0, 0.1) is 5.92 Å². The van der Waals surface area contributed by atoms with Crippen molar-refractivity contribution >= 4 is 27.5 Å². The summed E-state index contributed by atoms with van der Waals surface area (Å²) < 4.78 is 37.0. The van der Waals surface area contributed by atoms with E-state index >= 15 is 0 Å². The molecule has 11 nitrogen and oxygen atoms in total. The maximum Gasteiger partial charge on any atom is 0.407 e. The number of ether oxygens (including phenoxy) is 2. The number of amides is 1. The fraction of sp³-hybridized carbons (Fsp3) is 0.343. The molecule has 1 amide bonds. The number of morpholine rings is 1. The van der Waals surface area contributed by atoms with E-state index in [0.717, 1.165) is 11.1 Å². The highest BCUT2D eigenvalue weighted by Crippen LogP contribution is 2.22. The van der Waals surface area contributed by atoms with Crippen LogP contribution in [0.5, 0.6) is 0 Å². The zero-order valence-electron chi connectivity index (χ0n) is 26.2. The zero-order valence-corrected chi connectivity index (χ0v) is 27.0. The van der Waals surface area contributed by atoms with Crippen LogP contribution >= 0.6 is 0 Å². The van der Waals surface area contributed by atoms with Crippen molar-refractivity contribution in [3.8, 4) is 0 Å². The number of nitrogens with one attached hydrogen (secondary N) is 2. The van der Waals surface area contributed by atoms with E-state index in [1.807, 2.05) is 30.3 Å². The molecule has 250 valence electrons. The molecule has 0 radical (unpaired) electrons. The van der Waals surface area contributed by atoms with Gasteiger partial charge in [0, 0.05) is 31.1 Å². The Kier molecular flexibility index (Phi) is 13.2. The number of unbranched alkanes of at least 4 members (excludes halogenated alkanes) is 1. The third kappa shape index (κ3) is 10.6. The maximum absolute atomic E-state index is 13.6. The summed E-state index contributed by atoms with van der Waals surface area (Å²) in [6.45, 7) is 2.07. The van der Waals surface area contributed by atoms with Crippen molar-refractivity contribution in [2.75, 3.05) is 26.2 Å². The molecule has 0 aliphatic carbocycles. The number of allylic oxidation sites excluding steroid dienone is 1. The predicted molar refractivity (Wildman–Crippen MR) is 178 cm³/mol. The van der Waals surface area contributed by atoms with Crippen LogP contribution in [0.4, 0.5) is 4.79 Å². The highest BCUT2D eigenvalue weighted by atomic mass is 32.2. The Morgan fingerprint density at radius 3 is 2.30 bits per heavy atom. The van der Waals surface area contributed by atoms with Crippen LogP contribution in [0.15, 0.2) is 101 Å². The van der Waals surface area contributed by atoms with Gasteiger partial charge in [-0.15, -0.1) is 0 Å². The summed E-state index contributed by atoms with van der Waals surface area (Å²) >= 11 is 0. The lowest BCUT2D eigenvalue weighted by Crippen LogP contribution is -2.43. The van der Waals surface area contributed by atoms with Gasteiger partial charge in [-0.3, -0.25) is 9.59 Å². The fourth-order valence-corrected chi connectivity index (χ4v) is 6.27. The van der Waals surface area contributed by atoms with E-state index in [2.05, 4.69) is 10.6 Å². The first-order valence-corrected chi connectivity index (χ1v) is 17.1. The van der Waals surface area contributed by atoms with Gasteiger partial charge in [0.1, 0.15) is 17.7 Å². The van der Waals surface area contributed by atoms with E-state index in [1.54, 1.807) is 42.5 Å². The Balaban J connectivity index is 1.37. The molecular formula is C35H42N4O7S. The lowest BCUT2D eigenvalue weighted by Gasteiger charge is -2.22. The van der Waals surface area contributed by atoms with Crippen LogP contribution < -0.4 is 22.1 Å². The first-order valence-electron chi connectivity index (χ1n) is 15.6. The van der Waals surface area contributed by atoms with Crippen molar-refractivity contribution in [3.63, 3.8) is 0 Å². The van der Waals surface area contributed by atoms with E-state index < -0.39 is 39.0 Å². The van der Waals surface area contributed by atoms with Crippen LogP contribution in [-0.4, -0.2) is 64.5 Å². The smallest absolute Gasteiger partial charge is 0.407 e. The second-order valence-electron chi connectivity index (χ2n) is 11.3. The number of hydrogen-bond donors (Lipinski definition) is 4. The second kappa shape index (κ2) is 17.5. The minimum Gasteiger partial charge on any atom is -0.445 e. The monoisotopic (exact) mass is 662 g/mol. The normalized spacial score (nSPS) is 16.5. The van der Waals surface area contributed by atoms with Crippen molar-refractivity contribution < 1.29 is 32.3 Å². The lowest BCUT2D eigenvalue weighted by atomic mass is 9.90. The van der Waals surface area contributed by atoms with Gasteiger partial charge in [-0.25, -0.2) is 13.2 Å². The average Bonchev–Trinajstić information content (AvgIpc) is 3.10. The number of hydrogen-bond acceptors (Lipinski definition) is 10. The minimum absolute atomic E-state index is 0.0199. The first kappa shape index (κ1) is 35.5. The Morgan fingerprint density at radius 1 is 0.957 bits per heavy atom. The van der Waals surface area contributed by atoms with E-state index in [9.17, 15) is 22.8 Å². The molecule has 3 atom stereocenters. The molecule has 1 aliphatic rings. The van der Waals surface area contributed by atoms with Crippen molar-refractivity contribution in [3.05, 3.63) is 113 Å². The average molecular weight is 663 g/mol. The maximum atomic E-state index is 13.6. The van der Waals surface area contributed by atoms with Gasteiger partial charge in [0.2, 0.25) is 9.84 Å². The Morgan fingerprint density at radius 2 is 1.64 bits per heavy atom. The number of alkyl carbamates (subject to hydrolysis) is 1. The van der Waals surface area contributed by atoms with Gasteiger partial charge in [-0.05, 0) is 48.6 Å². The van der Waals surface area contributed by atoms with Gasteiger partial charge in [0.15, 0.2) is 11.6 Å². The molecule has 4 rings (SSSR count). The Hall–Kier alpha value is -4.36. The summed E-state index contributed by atoms with van der Waals surface area (Å²) in [5.74, 6) is -1.37. The number of sulfone groups is 1. The third-order valence-corrected chi connectivity index (χ3v) is 9.45. The number of benzene rings is 3. The molecule has 0 aromatic heterocycles. The molecule has 0 saturated carbocycles. The molecule has 12 heteroatoms. The van der Waals surface area contributed by atoms with Crippen LogP contribution in [0.1, 0.15) is 40.7 Å². The molecule has 0 bridgehead atoms. The Labute approximate surface area is 275 Å².